The van der Waals surface area contributed by atoms with Gasteiger partial charge in [-0.1, -0.05) is 84.0 Å². The Morgan fingerprint density at radius 3 is 2.25 bits per heavy atom. The summed E-state index contributed by atoms with van der Waals surface area (Å²) in [5.74, 6) is -0.567. The van der Waals surface area contributed by atoms with Gasteiger partial charge in [0.05, 0.1) is 12.0 Å². The van der Waals surface area contributed by atoms with Crippen LogP contribution in [-0.4, -0.2) is 37.4 Å². The number of aromatic nitrogens is 4. The number of hydrogen-bond donors (Lipinski definition) is 2. The van der Waals surface area contributed by atoms with Crippen LogP contribution in [-0.2, 0) is 21.5 Å². The first-order chi connectivity index (χ1) is 17.4. The van der Waals surface area contributed by atoms with E-state index in [4.69, 9.17) is 4.74 Å². The highest BCUT2D eigenvalue weighted by Gasteiger charge is 2.51. The predicted octanol–water partition coefficient (Wildman–Crippen LogP) is 4.81. The molecule has 5 rings (SSSR count). The monoisotopic (exact) mass is 483 g/mol. The summed E-state index contributed by atoms with van der Waals surface area (Å²) < 4.78 is 6.92. The zero-order valence-electron chi connectivity index (χ0n) is 19.7. The molecular formula is C27H25N5O4. The second-order valence-electron chi connectivity index (χ2n) is 8.90. The number of benzene rings is 3. The molecule has 1 unspecified atom stereocenters. The SMILES string of the molecule is CC(OC(=O)Nc1nnnn1Cc1ccc(-c2ccc(C3(C(=O)O)CC3)cc2)cc1)c1ccccc1. The largest absolute Gasteiger partial charge is 0.481 e. The van der Waals surface area contributed by atoms with Crippen molar-refractivity contribution in [2.24, 2.45) is 0 Å². The number of carbonyl (C=O) groups is 2. The molecule has 9 heteroatoms. The average molecular weight is 484 g/mol. The smallest absolute Gasteiger partial charge is 0.414 e. The molecular weight excluding hydrogens is 458 g/mol. The van der Waals surface area contributed by atoms with E-state index in [9.17, 15) is 14.7 Å². The minimum Gasteiger partial charge on any atom is -0.481 e. The fraction of sp³-hybridized carbons (Fsp3) is 0.222. The van der Waals surface area contributed by atoms with Crippen LogP contribution in [0.4, 0.5) is 10.7 Å². The lowest BCUT2D eigenvalue weighted by Crippen LogP contribution is -2.19. The molecule has 4 aromatic rings. The molecule has 1 atom stereocenters. The lowest BCUT2D eigenvalue weighted by molar-refractivity contribution is -0.140. The second-order valence-corrected chi connectivity index (χ2v) is 8.90. The van der Waals surface area contributed by atoms with Crippen LogP contribution in [0, 0.1) is 0 Å². The van der Waals surface area contributed by atoms with Crippen LogP contribution in [0.5, 0.6) is 0 Å². The maximum atomic E-state index is 12.4. The number of amides is 1. The average Bonchev–Trinajstić information content (AvgIpc) is 3.61. The quantitative estimate of drug-likeness (QED) is 0.369. The zero-order valence-corrected chi connectivity index (χ0v) is 19.7. The van der Waals surface area contributed by atoms with Crippen molar-refractivity contribution >= 4 is 18.0 Å². The molecule has 0 spiro atoms. The van der Waals surface area contributed by atoms with Gasteiger partial charge in [-0.05, 0) is 58.0 Å². The van der Waals surface area contributed by atoms with Gasteiger partial charge in [0.1, 0.15) is 6.10 Å². The molecule has 1 fully saturated rings. The first-order valence-electron chi connectivity index (χ1n) is 11.7. The molecule has 0 saturated heterocycles. The van der Waals surface area contributed by atoms with E-state index >= 15 is 0 Å². The third-order valence-corrected chi connectivity index (χ3v) is 6.52. The Balaban J connectivity index is 1.21. The van der Waals surface area contributed by atoms with Crippen LogP contribution in [0.3, 0.4) is 0 Å². The number of tetrazole rings is 1. The Hall–Kier alpha value is -4.53. The standard InChI is InChI=1S/C27H25N5O4/c1-18(20-5-3-2-4-6-20)36-26(35)28-25-29-30-31-32(25)17-19-7-9-21(10-8-19)22-11-13-23(14-12-22)27(15-16-27)24(33)34/h2-14,18H,15-17H2,1H3,(H,33,34)(H,28,29,31,35). The molecule has 1 aromatic heterocycles. The van der Waals surface area contributed by atoms with Gasteiger partial charge in [0, 0.05) is 0 Å². The highest BCUT2D eigenvalue weighted by molar-refractivity contribution is 5.85. The summed E-state index contributed by atoms with van der Waals surface area (Å²) >= 11 is 0. The predicted molar refractivity (Wildman–Crippen MR) is 132 cm³/mol. The molecule has 1 saturated carbocycles. The lowest BCUT2D eigenvalue weighted by atomic mass is 9.93. The number of ether oxygens (including phenoxy) is 1. The third kappa shape index (κ3) is 4.81. The fourth-order valence-corrected chi connectivity index (χ4v) is 4.18. The maximum Gasteiger partial charge on any atom is 0.414 e. The van der Waals surface area contributed by atoms with Gasteiger partial charge in [-0.15, -0.1) is 0 Å². The van der Waals surface area contributed by atoms with Gasteiger partial charge in [0.15, 0.2) is 0 Å². The Labute approximate surface area is 207 Å². The highest BCUT2D eigenvalue weighted by atomic mass is 16.6. The van der Waals surface area contributed by atoms with Gasteiger partial charge in [0.2, 0.25) is 0 Å². The molecule has 9 nitrogen and oxygen atoms in total. The van der Waals surface area contributed by atoms with Crippen molar-refractivity contribution < 1.29 is 19.4 Å². The molecule has 0 aliphatic heterocycles. The van der Waals surface area contributed by atoms with Crippen LogP contribution < -0.4 is 5.32 Å². The van der Waals surface area contributed by atoms with Gasteiger partial charge >= 0.3 is 12.1 Å². The topological polar surface area (TPSA) is 119 Å². The van der Waals surface area contributed by atoms with Crippen molar-refractivity contribution in [1.82, 2.24) is 20.2 Å². The molecule has 0 bridgehead atoms. The molecule has 0 radical (unpaired) electrons. The van der Waals surface area contributed by atoms with Crippen molar-refractivity contribution in [2.75, 3.05) is 5.32 Å². The summed E-state index contributed by atoms with van der Waals surface area (Å²) in [6.07, 6.45) is 0.315. The number of nitrogens with one attached hydrogen (secondary N) is 1. The van der Waals surface area contributed by atoms with E-state index in [1.807, 2.05) is 78.9 Å². The number of hydrogen-bond acceptors (Lipinski definition) is 6. The molecule has 1 heterocycles. The Kier molecular flexibility index (Phi) is 6.20. The van der Waals surface area contributed by atoms with Crippen LogP contribution in [0.1, 0.15) is 42.6 Å². The molecule has 2 N–H and O–H groups in total. The number of nitrogens with zero attached hydrogens (tertiary/aromatic N) is 4. The molecule has 1 amide bonds. The minimum absolute atomic E-state index is 0.187. The van der Waals surface area contributed by atoms with Gasteiger partial charge in [-0.25, -0.2) is 9.48 Å². The van der Waals surface area contributed by atoms with Crippen molar-refractivity contribution in [3.8, 4) is 11.1 Å². The zero-order chi connectivity index (χ0) is 25.1. The lowest BCUT2D eigenvalue weighted by Gasteiger charge is -2.14. The molecule has 182 valence electrons. The Morgan fingerprint density at radius 1 is 1.00 bits per heavy atom. The normalized spacial score (nSPS) is 14.6. The van der Waals surface area contributed by atoms with Gasteiger partial charge in [-0.2, -0.15) is 0 Å². The van der Waals surface area contributed by atoms with E-state index < -0.39 is 23.6 Å². The number of carboxylic acids is 1. The summed E-state index contributed by atoms with van der Waals surface area (Å²) in [5.41, 5.74) is 4.00. The van der Waals surface area contributed by atoms with E-state index in [2.05, 4.69) is 20.8 Å². The molecule has 3 aromatic carbocycles. The van der Waals surface area contributed by atoms with Crippen molar-refractivity contribution in [2.45, 2.75) is 37.8 Å². The second kappa shape index (κ2) is 9.61. The van der Waals surface area contributed by atoms with E-state index in [0.29, 0.717) is 19.4 Å². The number of carboxylic acid groups (broad SMARTS) is 1. The van der Waals surface area contributed by atoms with E-state index in [-0.39, 0.29) is 5.95 Å². The van der Waals surface area contributed by atoms with Crippen molar-refractivity contribution in [1.29, 1.82) is 0 Å². The number of aliphatic carboxylic acids is 1. The first-order valence-corrected chi connectivity index (χ1v) is 11.7. The summed E-state index contributed by atoms with van der Waals surface area (Å²) in [6.45, 7) is 2.15. The summed E-state index contributed by atoms with van der Waals surface area (Å²) in [6, 6.07) is 25.1. The molecule has 1 aliphatic carbocycles. The first kappa shape index (κ1) is 23.2. The van der Waals surface area contributed by atoms with Crippen LogP contribution in [0.25, 0.3) is 11.1 Å². The van der Waals surface area contributed by atoms with Crippen LogP contribution in [0.15, 0.2) is 78.9 Å². The van der Waals surface area contributed by atoms with Gasteiger partial charge in [-0.3, -0.25) is 10.1 Å². The number of anilines is 1. The highest BCUT2D eigenvalue weighted by Crippen LogP contribution is 2.48. The van der Waals surface area contributed by atoms with E-state index in [1.54, 1.807) is 6.92 Å². The van der Waals surface area contributed by atoms with Crippen LogP contribution in [0.2, 0.25) is 0 Å². The van der Waals surface area contributed by atoms with Crippen molar-refractivity contribution in [3.63, 3.8) is 0 Å². The summed E-state index contributed by atoms with van der Waals surface area (Å²) in [5, 5.41) is 23.6. The maximum absolute atomic E-state index is 12.4. The van der Waals surface area contributed by atoms with Crippen LogP contribution >= 0.6 is 0 Å². The Morgan fingerprint density at radius 2 is 1.64 bits per heavy atom. The van der Waals surface area contributed by atoms with E-state index in [0.717, 1.165) is 27.8 Å². The summed E-state index contributed by atoms with van der Waals surface area (Å²) in [7, 11) is 0. The van der Waals surface area contributed by atoms with Crippen molar-refractivity contribution in [3.05, 3.63) is 95.6 Å². The summed E-state index contributed by atoms with van der Waals surface area (Å²) in [4.78, 5) is 23.9. The number of carbonyl (C=O) groups excluding carboxylic acids is 1. The Bertz CT molecular complexity index is 1360. The number of rotatable bonds is 8. The minimum atomic E-state index is -0.755. The molecule has 1 aliphatic rings. The van der Waals surface area contributed by atoms with E-state index in [1.165, 1.54) is 4.68 Å². The fourth-order valence-electron chi connectivity index (χ4n) is 4.18. The molecule has 36 heavy (non-hydrogen) atoms. The third-order valence-electron chi connectivity index (χ3n) is 6.52. The van der Waals surface area contributed by atoms with Gasteiger partial charge in [0.25, 0.3) is 5.95 Å². The van der Waals surface area contributed by atoms with Gasteiger partial charge < -0.3 is 9.84 Å².